The van der Waals surface area contributed by atoms with E-state index in [9.17, 15) is 14.0 Å². The molecule has 0 unspecified atom stereocenters. The fourth-order valence-electron chi connectivity index (χ4n) is 3.88. The molecule has 0 saturated carbocycles. The maximum Gasteiger partial charge on any atom is 0.330 e. The number of amides is 1. The van der Waals surface area contributed by atoms with E-state index in [0.717, 1.165) is 12.8 Å². The van der Waals surface area contributed by atoms with Gasteiger partial charge in [0.05, 0.1) is 11.9 Å². The van der Waals surface area contributed by atoms with Gasteiger partial charge in [0.25, 0.3) is 5.91 Å². The second kappa shape index (κ2) is 8.46. The fraction of sp³-hybridized carbons (Fsp3) is 0.429. The summed E-state index contributed by atoms with van der Waals surface area (Å²) in [6, 6.07) is 2.77. The van der Waals surface area contributed by atoms with E-state index in [4.69, 9.17) is 4.74 Å². The maximum absolute atomic E-state index is 14.8. The summed E-state index contributed by atoms with van der Waals surface area (Å²) in [5.41, 5.74) is 1.90. The minimum absolute atomic E-state index is 0.0115. The molecule has 164 valence electrons. The molecule has 0 bridgehead atoms. The molecule has 1 saturated heterocycles. The minimum atomic E-state index is -0.583. The molecule has 3 aromatic rings. The van der Waals surface area contributed by atoms with E-state index in [-0.39, 0.29) is 34.8 Å². The zero-order chi connectivity index (χ0) is 22.1. The van der Waals surface area contributed by atoms with Gasteiger partial charge in [0.1, 0.15) is 11.3 Å². The average Bonchev–Trinajstić information content (AvgIpc) is 3.01. The highest BCUT2D eigenvalue weighted by Crippen LogP contribution is 2.27. The monoisotopic (exact) mass is 428 g/mol. The second-order valence-electron chi connectivity index (χ2n) is 7.59. The average molecular weight is 428 g/mol. The molecule has 0 atom stereocenters. The smallest absolute Gasteiger partial charge is 0.330 e. The zero-order valence-electron chi connectivity index (χ0n) is 17.7. The van der Waals surface area contributed by atoms with Crippen LogP contribution in [0.5, 0.6) is 0 Å². The van der Waals surface area contributed by atoms with Gasteiger partial charge in [-0.3, -0.25) is 13.9 Å². The Morgan fingerprint density at radius 2 is 2.06 bits per heavy atom. The van der Waals surface area contributed by atoms with Gasteiger partial charge in [-0.05, 0) is 44.4 Å². The fourth-order valence-corrected chi connectivity index (χ4v) is 3.88. The Kier molecular flexibility index (Phi) is 5.73. The van der Waals surface area contributed by atoms with Crippen LogP contribution in [0.25, 0.3) is 11.2 Å². The van der Waals surface area contributed by atoms with Crippen LogP contribution >= 0.6 is 0 Å². The van der Waals surface area contributed by atoms with E-state index < -0.39 is 5.82 Å². The van der Waals surface area contributed by atoms with Crippen LogP contribution in [0.3, 0.4) is 0 Å². The number of fused-ring (bicyclic) bond motifs is 1. The number of ether oxygens (including phenoxy) is 1. The lowest BCUT2D eigenvalue weighted by Crippen LogP contribution is -2.30. The Labute approximate surface area is 178 Å². The molecular formula is C21H25FN6O3. The molecule has 1 aliphatic heterocycles. The summed E-state index contributed by atoms with van der Waals surface area (Å²) in [7, 11) is 1.68. The van der Waals surface area contributed by atoms with Gasteiger partial charge >= 0.3 is 5.69 Å². The summed E-state index contributed by atoms with van der Waals surface area (Å²) in [6.07, 6.45) is 3.00. The standard InChI is InChI=1S/C21H25FN6O3/c1-4-23-19(29)13-9-12(2)17(15(22)10-13)25-20-24-11-16-18(26-20)28(21(30)27(16)3)14-5-7-31-8-6-14/h9-11,14H,4-8H2,1-3H3,(H,23,29)(H,24,25,26). The number of benzene rings is 1. The third kappa shape index (κ3) is 3.90. The van der Waals surface area contributed by atoms with Crippen molar-refractivity contribution < 1.29 is 13.9 Å². The second-order valence-corrected chi connectivity index (χ2v) is 7.59. The Hall–Kier alpha value is -3.27. The largest absolute Gasteiger partial charge is 0.381 e. The molecule has 1 aromatic carbocycles. The summed E-state index contributed by atoms with van der Waals surface area (Å²) in [4.78, 5) is 33.6. The Balaban J connectivity index is 1.71. The molecule has 10 heteroatoms. The van der Waals surface area contributed by atoms with Gasteiger partial charge in [0.15, 0.2) is 5.65 Å². The first-order valence-electron chi connectivity index (χ1n) is 10.3. The van der Waals surface area contributed by atoms with E-state index >= 15 is 0 Å². The van der Waals surface area contributed by atoms with Crippen LogP contribution in [0, 0.1) is 12.7 Å². The summed E-state index contributed by atoms with van der Waals surface area (Å²) < 4.78 is 23.4. The first-order chi connectivity index (χ1) is 14.9. The molecule has 1 fully saturated rings. The van der Waals surface area contributed by atoms with E-state index in [2.05, 4.69) is 20.6 Å². The highest BCUT2D eigenvalue weighted by atomic mass is 19.1. The lowest BCUT2D eigenvalue weighted by Gasteiger charge is -2.22. The number of carbonyl (C=O) groups is 1. The Morgan fingerprint density at radius 3 is 2.74 bits per heavy atom. The molecule has 0 spiro atoms. The van der Waals surface area contributed by atoms with Crippen molar-refractivity contribution in [3.05, 3.63) is 45.8 Å². The molecule has 31 heavy (non-hydrogen) atoms. The number of imidazole rings is 1. The maximum atomic E-state index is 14.8. The predicted octanol–water partition coefficient (Wildman–Crippen LogP) is 2.42. The summed E-state index contributed by atoms with van der Waals surface area (Å²) in [6.45, 7) is 5.14. The normalized spacial score (nSPS) is 14.7. The summed E-state index contributed by atoms with van der Waals surface area (Å²) in [5, 5.41) is 5.57. The highest BCUT2D eigenvalue weighted by Gasteiger charge is 2.23. The number of halogens is 1. The number of aryl methyl sites for hydroxylation is 2. The molecule has 1 aliphatic rings. The Bertz CT molecular complexity index is 1170. The number of carbonyl (C=O) groups excluding carboxylic acids is 1. The van der Waals surface area contributed by atoms with Crippen LogP contribution in [0.2, 0.25) is 0 Å². The van der Waals surface area contributed by atoms with Crippen molar-refractivity contribution in [1.82, 2.24) is 24.4 Å². The van der Waals surface area contributed by atoms with Gasteiger partial charge in [-0.1, -0.05) is 0 Å². The topological polar surface area (TPSA) is 103 Å². The van der Waals surface area contributed by atoms with E-state index in [1.165, 1.54) is 10.6 Å². The molecule has 2 N–H and O–H groups in total. The Morgan fingerprint density at radius 1 is 1.32 bits per heavy atom. The molecule has 9 nitrogen and oxygen atoms in total. The van der Waals surface area contributed by atoms with E-state index in [0.29, 0.717) is 36.5 Å². The van der Waals surface area contributed by atoms with Crippen molar-refractivity contribution in [2.24, 2.45) is 7.05 Å². The van der Waals surface area contributed by atoms with Gasteiger partial charge in [-0.2, -0.15) is 4.98 Å². The molecule has 4 rings (SSSR count). The van der Waals surface area contributed by atoms with Gasteiger partial charge in [-0.25, -0.2) is 14.2 Å². The summed E-state index contributed by atoms with van der Waals surface area (Å²) in [5.74, 6) is -0.745. The van der Waals surface area contributed by atoms with Crippen LogP contribution in [-0.2, 0) is 11.8 Å². The van der Waals surface area contributed by atoms with Gasteiger partial charge in [0, 0.05) is 38.4 Å². The van der Waals surface area contributed by atoms with E-state index in [1.54, 1.807) is 37.7 Å². The van der Waals surface area contributed by atoms with Crippen LogP contribution in [0.1, 0.15) is 41.7 Å². The first-order valence-corrected chi connectivity index (χ1v) is 10.3. The number of aromatic nitrogens is 4. The molecular weight excluding hydrogens is 403 g/mol. The van der Waals surface area contributed by atoms with Gasteiger partial charge in [0.2, 0.25) is 5.95 Å². The van der Waals surface area contributed by atoms with Crippen molar-refractivity contribution in [3.63, 3.8) is 0 Å². The number of hydrogen-bond acceptors (Lipinski definition) is 6. The predicted molar refractivity (Wildman–Crippen MR) is 114 cm³/mol. The third-order valence-corrected chi connectivity index (χ3v) is 5.51. The van der Waals surface area contributed by atoms with Crippen molar-refractivity contribution in [3.8, 4) is 0 Å². The van der Waals surface area contributed by atoms with E-state index in [1.807, 2.05) is 0 Å². The number of nitrogens with zero attached hydrogens (tertiary/aromatic N) is 4. The third-order valence-electron chi connectivity index (χ3n) is 5.51. The van der Waals surface area contributed by atoms with Crippen LogP contribution < -0.4 is 16.3 Å². The van der Waals surface area contributed by atoms with Crippen LogP contribution in [-0.4, -0.2) is 44.8 Å². The van der Waals surface area contributed by atoms with Gasteiger partial charge < -0.3 is 15.4 Å². The number of nitrogens with one attached hydrogen (secondary N) is 2. The van der Waals surface area contributed by atoms with Crippen molar-refractivity contribution >= 4 is 28.7 Å². The summed E-state index contributed by atoms with van der Waals surface area (Å²) >= 11 is 0. The number of hydrogen-bond donors (Lipinski definition) is 2. The molecule has 3 heterocycles. The van der Waals surface area contributed by atoms with Crippen LogP contribution in [0.15, 0.2) is 23.1 Å². The lowest BCUT2D eigenvalue weighted by atomic mass is 10.1. The first kappa shape index (κ1) is 21.0. The molecule has 0 radical (unpaired) electrons. The van der Waals surface area contributed by atoms with Crippen LogP contribution in [0.4, 0.5) is 16.0 Å². The van der Waals surface area contributed by atoms with Gasteiger partial charge in [-0.15, -0.1) is 0 Å². The molecule has 2 aromatic heterocycles. The lowest BCUT2D eigenvalue weighted by molar-refractivity contribution is 0.0695. The van der Waals surface area contributed by atoms with Crippen molar-refractivity contribution in [2.45, 2.75) is 32.7 Å². The SMILES string of the molecule is CCNC(=O)c1cc(C)c(Nc2ncc3c(n2)n(C2CCOCC2)c(=O)n3C)c(F)c1. The van der Waals surface area contributed by atoms with Crippen molar-refractivity contribution in [2.75, 3.05) is 25.1 Å². The quantitative estimate of drug-likeness (QED) is 0.647. The molecule has 0 aliphatic carbocycles. The minimum Gasteiger partial charge on any atom is -0.381 e. The zero-order valence-corrected chi connectivity index (χ0v) is 17.7. The van der Waals surface area contributed by atoms with Crippen molar-refractivity contribution in [1.29, 1.82) is 0 Å². The number of anilines is 2. The number of rotatable bonds is 5. The highest BCUT2D eigenvalue weighted by molar-refractivity contribution is 5.95. The molecule has 1 amide bonds.